The van der Waals surface area contributed by atoms with Gasteiger partial charge in [0.25, 0.3) is 0 Å². The Morgan fingerprint density at radius 3 is 2.43 bits per heavy atom. The van der Waals surface area contributed by atoms with E-state index in [0.717, 1.165) is 26.3 Å². The molecule has 0 bridgehead atoms. The van der Waals surface area contributed by atoms with E-state index in [1.165, 1.54) is 5.56 Å². The molecule has 0 aliphatic heterocycles. The predicted molar refractivity (Wildman–Crippen MR) is 94.9 cm³/mol. The third kappa shape index (κ3) is 4.04. The lowest BCUT2D eigenvalue weighted by atomic mass is 9.91. The van der Waals surface area contributed by atoms with Crippen LogP contribution >= 0.6 is 31.9 Å². The fourth-order valence-corrected chi connectivity index (χ4v) is 3.48. The second-order valence-electron chi connectivity index (χ2n) is 5.96. The number of aromatic nitrogens is 2. The normalized spacial score (nSPS) is 11.5. The fraction of sp³-hybridized carbons (Fsp3) is 0.375. The fourth-order valence-electron chi connectivity index (χ4n) is 2.06. The Balaban J connectivity index is 2.45. The molecule has 2 rings (SSSR count). The Morgan fingerprint density at radius 1 is 1.14 bits per heavy atom. The van der Waals surface area contributed by atoms with Gasteiger partial charge in [0.1, 0.15) is 11.6 Å². The van der Waals surface area contributed by atoms with Crippen molar-refractivity contribution in [1.29, 1.82) is 0 Å². The highest BCUT2D eigenvalue weighted by molar-refractivity contribution is 9.11. The lowest BCUT2D eigenvalue weighted by molar-refractivity contribution is 0.559. The molecule has 0 saturated carbocycles. The Bertz CT molecular complexity index is 648. The van der Waals surface area contributed by atoms with Crippen molar-refractivity contribution in [2.24, 2.45) is 0 Å². The van der Waals surface area contributed by atoms with Crippen LogP contribution in [0, 0.1) is 0 Å². The molecular formula is C16H19Br2N3. The molecule has 0 fully saturated rings. The number of anilines is 1. The van der Waals surface area contributed by atoms with Gasteiger partial charge in [0, 0.05) is 23.4 Å². The maximum absolute atomic E-state index is 4.76. The van der Waals surface area contributed by atoms with Crippen LogP contribution in [-0.4, -0.2) is 17.0 Å². The van der Waals surface area contributed by atoms with Gasteiger partial charge in [-0.3, -0.25) is 0 Å². The van der Waals surface area contributed by atoms with Crippen LogP contribution in [0.5, 0.6) is 0 Å². The van der Waals surface area contributed by atoms with Crippen molar-refractivity contribution >= 4 is 37.7 Å². The van der Waals surface area contributed by atoms with Crippen LogP contribution in [0.25, 0.3) is 0 Å². The molecule has 1 N–H and O–H groups in total. The molecule has 0 aliphatic carbocycles. The molecule has 5 heteroatoms. The first kappa shape index (κ1) is 16.4. The minimum absolute atomic E-state index is 0.0423. The van der Waals surface area contributed by atoms with E-state index in [0.29, 0.717) is 6.42 Å². The molecule has 2 aromatic rings. The summed E-state index contributed by atoms with van der Waals surface area (Å²) in [5, 5.41) is 3.14. The Kier molecular flexibility index (Phi) is 5.04. The van der Waals surface area contributed by atoms with Gasteiger partial charge in [-0.2, -0.15) is 0 Å². The minimum atomic E-state index is -0.0423. The average molecular weight is 413 g/mol. The summed E-state index contributed by atoms with van der Waals surface area (Å²) >= 11 is 7.11. The maximum atomic E-state index is 4.76. The number of nitrogens with zero attached hydrogens (tertiary/aromatic N) is 2. The number of hydrogen-bond donors (Lipinski definition) is 1. The molecule has 0 radical (unpaired) electrons. The second kappa shape index (κ2) is 6.44. The lowest BCUT2D eigenvalue weighted by Crippen LogP contribution is -2.18. The van der Waals surface area contributed by atoms with Crippen LogP contribution in [0.2, 0.25) is 0 Å². The van der Waals surface area contributed by atoms with E-state index in [1.807, 2.05) is 19.2 Å². The van der Waals surface area contributed by atoms with Crippen LogP contribution in [0.15, 0.2) is 33.2 Å². The summed E-state index contributed by atoms with van der Waals surface area (Å²) < 4.78 is 2.01. The van der Waals surface area contributed by atoms with Crippen molar-refractivity contribution in [3.05, 3.63) is 50.3 Å². The highest BCUT2D eigenvalue weighted by atomic mass is 79.9. The summed E-state index contributed by atoms with van der Waals surface area (Å²) in [6.45, 7) is 6.47. The first-order chi connectivity index (χ1) is 9.81. The lowest BCUT2D eigenvalue weighted by Gasteiger charge is -2.21. The smallest absolute Gasteiger partial charge is 0.144 e. The number of rotatable bonds is 3. The molecular weight excluding hydrogens is 394 g/mol. The maximum Gasteiger partial charge on any atom is 0.144 e. The highest BCUT2D eigenvalue weighted by Crippen LogP contribution is 2.32. The van der Waals surface area contributed by atoms with Crippen LogP contribution in [0.1, 0.15) is 37.9 Å². The molecule has 3 nitrogen and oxygen atoms in total. The number of nitrogens with one attached hydrogen (secondary N) is 1. The molecule has 112 valence electrons. The van der Waals surface area contributed by atoms with Gasteiger partial charge in [0.2, 0.25) is 0 Å². The van der Waals surface area contributed by atoms with E-state index in [-0.39, 0.29) is 5.41 Å². The van der Waals surface area contributed by atoms with Gasteiger partial charge >= 0.3 is 0 Å². The monoisotopic (exact) mass is 411 g/mol. The third-order valence-electron chi connectivity index (χ3n) is 3.10. The van der Waals surface area contributed by atoms with Gasteiger partial charge in [-0.1, -0.05) is 48.8 Å². The van der Waals surface area contributed by atoms with Crippen molar-refractivity contribution < 1.29 is 0 Å². The molecule has 0 unspecified atom stereocenters. The molecule has 21 heavy (non-hydrogen) atoms. The zero-order valence-corrected chi connectivity index (χ0v) is 15.8. The number of hydrogen-bond acceptors (Lipinski definition) is 3. The van der Waals surface area contributed by atoms with Gasteiger partial charge < -0.3 is 5.32 Å². The van der Waals surface area contributed by atoms with Crippen molar-refractivity contribution in [2.75, 3.05) is 12.4 Å². The van der Waals surface area contributed by atoms with Gasteiger partial charge in [0.15, 0.2) is 0 Å². The van der Waals surface area contributed by atoms with Gasteiger partial charge in [-0.05, 0) is 33.6 Å². The molecule has 0 atom stereocenters. The Morgan fingerprint density at radius 2 is 1.86 bits per heavy atom. The highest BCUT2D eigenvalue weighted by Gasteiger charge is 2.22. The van der Waals surface area contributed by atoms with Gasteiger partial charge in [0.05, 0.1) is 10.2 Å². The van der Waals surface area contributed by atoms with E-state index in [9.17, 15) is 0 Å². The second-order valence-corrected chi connectivity index (χ2v) is 7.67. The number of halogens is 2. The summed E-state index contributed by atoms with van der Waals surface area (Å²) in [5.41, 5.74) is 2.17. The quantitative estimate of drug-likeness (QED) is 0.776. The van der Waals surface area contributed by atoms with E-state index in [4.69, 9.17) is 4.98 Å². The van der Waals surface area contributed by atoms with Crippen molar-refractivity contribution in [3.8, 4) is 0 Å². The zero-order valence-electron chi connectivity index (χ0n) is 12.7. The molecule has 0 aliphatic rings. The summed E-state index contributed by atoms with van der Waals surface area (Å²) in [6, 6.07) is 8.24. The minimum Gasteiger partial charge on any atom is -0.372 e. The van der Waals surface area contributed by atoms with E-state index < -0.39 is 0 Å². The Labute approximate surface area is 142 Å². The summed E-state index contributed by atoms with van der Waals surface area (Å²) in [6.07, 6.45) is 0.713. The molecule has 1 heterocycles. The van der Waals surface area contributed by atoms with Crippen LogP contribution < -0.4 is 5.32 Å². The first-order valence-corrected chi connectivity index (χ1v) is 8.39. The van der Waals surface area contributed by atoms with Crippen molar-refractivity contribution in [2.45, 2.75) is 32.6 Å². The zero-order chi connectivity index (χ0) is 15.6. The molecule has 1 aromatic heterocycles. The third-order valence-corrected chi connectivity index (χ3v) is 4.34. The summed E-state index contributed by atoms with van der Waals surface area (Å²) in [4.78, 5) is 9.37. The van der Waals surface area contributed by atoms with Crippen LogP contribution in [-0.2, 0) is 11.8 Å². The summed E-state index contributed by atoms with van der Waals surface area (Å²) in [7, 11) is 1.88. The van der Waals surface area contributed by atoms with Gasteiger partial charge in [-0.15, -0.1) is 0 Å². The van der Waals surface area contributed by atoms with E-state index in [1.54, 1.807) is 0 Å². The molecule has 1 aromatic carbocycles. The molecule has 0 spiro atoms. The predicted octanol–water partition coefficient (Wildman–Crippen LogP) is 4.93. The average Bonchev–Trinajstić information content (AvgIpc) is 2.39. The van der Waals surface area contributed by atoms with Crippen LogP contribution in [0.4, 0.5) is 5.82 Å². The van der Waals surface area contributed by atoms with Crippen molar-refractivity contribution in [3.63, 3.8) is 0 Å². The first-order valence-electron chi connectivity index (χ1n) is 6.80. The Hall–Kier alpha value is -0.940. The molecule has 0 amide bonds. The summed E-state index contributed by atoms with van der Waals surface area (Å²) in [5.74, 6) is 1.66. The topological polar surface area (TPSA) is 37.8 Å². The standard InChI is InChI=1S/C16H19Br2N3/c1-16(2,3)14-13(18)15(19-4)21-12(20-14)9-10-6-5-7-11(17)8-10/h5-8H,9H2,1-4H3,(H,19,20,21). The van der Waals surface area contributed by atoms with E-state index >= 15 is 0 Å². The van der Waals surface area contributed by atoms with Gasteiger partial charge in [-0.25, -0.2) is 9.97 Å². The van der Waals surface area contributed by atoms with Crippen molar-refractivity contribution in [1.82, 2.24) is 9.97 Å². The van der Waals surface area contributed by atoms with E-state index in [2.05, 4.69) is 75.1 Å². The molecule has 0 saturated heterocycles. The van der Waals surface area contributed by atoms with Crippen LogP contribution in [0.3, 0.4) is 0 Å². The largest absolute Gasteiger partial charge is 0.372 e. The SMILES string of the molecule is CNc1nc(Cc2cccc(Br)c2)nc(C(C)(C)C)c1Br. The number of benzene rings is 1.